The average molecular weight is 450 g/mol. The third kappa shape index (κ3) is 3.65. The Labute approximate surface area is 181 Å². The van der Waals surface area contributed by atoms with Gasteiger partial charge in [0.1, 0.15) is 4.21 Å². The predicted molar refractivity (Wildman–Crippen MR) is 122 cm³/mol. The number of hydrogen-bond donors (Lipinski definition) is 1. The summed E-state index contributed by atoms with van der Waals surface area (Å²) in [5.41, 5.74) is 0.731. The molecule has 4 rings (SSSR count). The van der Waals surface area contributed by atoms with E-state index in [0.29, 0.717) is 35.6 Å². The molecule has 0 saturated carbocycles. The molecule has 2 unspecified atom stereocenters. The largest absolute Gasteiger partial charge is 0.329 e. The molecule has 0 aromatic carbocycles. The summed E-state index contributed by atoms with van der Waals surface area (Å²) in [5.74, 6) is 1.72. The molecule has 162 valence electrons. The zero-order chi connectivity index (χ0) is 21.5. The number of hydrogen-bond acceptors (Lipinski definition) is 9. The molecule has 3 aliphatic rings. The van der Waals surface area contributed by atoms with Gasteiger partial charge in [-0.05, 0) is 18.6 Å². The van der Waals surface area contributed by atoms with Gasteiger partial charge in [0.2, 0.25) is 0 Å². The minimum absolute atomic E-state index is 0.209. The average Bonchev–Trinajstić information content (AvgIpc) is 3.41. The van der Waals surface area contributed by atoms with Gasteiger partial charge < -0.3 is 10.2 Å². The second-order valence-corrected chi connectivity index (χ2v) is 10.7. The molecule has 0 spiro atoms. The number of nitrogens with one attached hydrogen (secondary N) is 1. The van der Waals surface area contributed by atoms with Crippen LogP contribution in [0.1, 0.15) is 19.4 Å². The summed E-state index contributed by atoms with van der Waals surface area (Å²) < 4.78 is 27.7. The molecule has 3 aliphatic heterocycles. The molecule has 1 N–H and O–H groups in total. The lowest BCUT2D eigenvalue weighted by molar-refractivity contribution is 0.299. The molecule has 30 heavy (non-hydrogen) atoms. The van der Waals surface area contributed by atoms with E-state index in [2.05, 4.69) is 20.3 Å². The van der Waals surface area contributed by atoms with Gasteiger partial charge in [0.15, 0.2) is 11.7 Å². The van der Waals surface area contributed by atoms with Crippen LogP contribution in [0.25, 0.3) is 0 Å². The molecule has 0 saturated heterocycles. The van der Waals surface area contributed by atoms with E-state index in [9.17, 15) is 8.42 Å². The molecule has 1 aromatic heterocycles. The van der Waals surface area contributed by atoms with Crippen LogP contribution in [0.5, 0.6) is 0 Å². The molecule has 0 radical (unpaired) electrons. The summed E-state index contributed by atoms with van der Waals surface area (Å²) >= 11 is 1.23. The van der Waals surface area contributed by atoms with Crippen molar-refractivity contribution in [3.8, 4) is 0 Å². The van der Waals surface area contributed by atoms with E-state index in [1.54, 1.807) is 6.20 Å². The molecular weight excluding hydrogens is 422 g/mol. The maximum Gasteiger partial charge on any atom is 0.252 e. The van der Waals surface area contributed by atoms with Crippen molar-refractivity contribution in [1.29, 1.82) is 0 Å². The molecule has 0 amide bonds. The minimum Gasteiger partial charge on any atom is -0.329 e. The highest BCUT2D eigenvalue weighted by molar-refractivity contribution is 7.91. The van der Waals surface area contributed by atoms with Gasteiger partial charge in [-0.1, -0.05) is 13.8 Å². The van der Waals surface area contributed by atoms with E-state index in [1.165, 1.54) is 15.6 Å². The highest BCUT2D eigenvalue weighted by Gasteiger charge is 2.37. The quantitative estimate of drug-likeness (QED) is 0.717. The summed E-state index contributed by atoms with van der Waals surface area (Å²) in [7, 11) is -1.53. The Kier molecular flexibility index (Phi) is 5.69. The second kappa shape index (κ2) is 8.12. The summed E-state index contributed by atoms with van der Waals surface area (Å²) in [5, 5.41) is 10.3. The first kappa shape index (κ1) is 21.0. The third-order valence-electron chi connectivity index (χ3n) is 5.49. The zero-order valence-corrected chi connectivity index (χ0v) is 19.2. The number of fused-ring (bicyclic) bond motifs is 1. The van der Waals surface area contributed by atoms with Gasteiger partial charge >= 0.3 is 0 Å². The monoisotopic (exact) mass is 449 g/mol. The van der Waals surface area contributed by atoms with E-state index < -0.39 is 10.0 Å². The minimum atomic E-state index is -3.50. The number of aryl methyl sites for hydroxylation is 1. The smallest absolute Gasteiger partial charge is 0.252 e. The molecule has 9 nitrogen and oxygen atoms in total. The van der Waals surface area contributed by atoms with Gasteiger partial charge in [0, 0.05) is 51.2 Å². The number of amidine groups is 2. The Hall–Kier alpha value is -2.24. The van der Waals surface area contributed by atoms with Gasteiger partial charge in [0.25, 0.3) is 10.0 Å². The molecule has 0 aliphatic carbocycles. The van der Waals surface area contributed by atoms with Crippen molar-refractivity contribution >= 4 is 44.2 Å². The van der Waals surface area contributed by atoms with Crippen LogP contribution in [0.3, 0.4) is 0 Å². The molecule has 11 heteroatoms. The first-order valence-electron chi connectivity index (χ1n) is 10.1. The van der Waals surface area contributed by atoms with Gasteiger partial charge in [-0.25, -0.2) is 13.4 Å². The van der Waals surface area contributed by atoms with Crippen molar-refractivity contribution in [1.82, 2.24) is 14.2 Å². The summed E-state index contributed by atoms with van der Waals surface area (Å²) in [4.78, 5) is 11.3. The Morgan fingerprint density at radius 2 is 2.10 bits per heavy atom. The fourth-order valence-corrected chi connectivity index (χ4v) is 7.14. The van der Waals surface area contributed by atoms with Crippen LogP contribution in [0.15, 0.2) is 37.8 Å². The maximum absolute atomic E-state index is 12.9. The van der Waals surface area contributed by atoms with Crippen LogP contribution in [0.4, 0.5) is 5.00 Å². The van der Waals surface area contributed by atoms with Gasteiger partial charge in [-0.2, -0.15) is 9.41 Å². The number of rotatable bonds is 6. The van der Waals surface area contributed by atoms with Gasteiger partial charge in [-0.15, -0.1) is 11.3 Å². The fraction of sp³-hybridized carbons (Fsp3) is 0.526. The first-order valence-corrected chi connectivity index (χ1v) is 12.3. The van der Waals surface area contributed by atoms with Crippen molar-refractivity contribution < 1.29 is 8.42 Å². The summed E-state index contributed by atoms with van der Waals surface area (Å²) in [6.45, 7) is 7.97. The highest BCUT2D eigenvalue weighted by Crippen LogP contribution is 2.33. The van der Waals surface area contributed by atoms with E-state index in [0.717, 1.165) is 22.9 Å². The van der Waals surface area contributed by atoms with Crippen LogP contribution in [0.2, 0.25) is 0 Å². The van der Waals surface area contributed by atoms with Crippen LogP contribution in [-0.4, -0.2) is 79.8 Å². The number of thiophene rings is 1. The number of aliphatic imine (C=N–C) groups is 2. The maximum atomic E-state index is 12.9. The molecule has 0 fully saturated rings. The molecule has 1 aromatic rings. The third-order valence-corrected chi connectivity index (χ3v) is 9.31. The summed E-state index contributed by atoms with van der Waals surface area (Å²) in [6.07, 6.45) is 5.69. The number of anilines is 1. The van der Waals surface area contributed by atoms with E-state index in [-0.39, 0.29) is 6.04 Å². The Morgan fingerprint density at radius 3 is 2.77 bits per heavy atom. The van der Waals surface area contributed by atoms with Crippen LogP contribution in [0, 0.1) is 12.8 Å². The second-order valence-electron chi connectivity index (χ2n) is 7.48. The van der Waals surface area contributed by atoms with Crippen LogP contribution >= 0.6 is 11.3 Å². The van der Waals surface area contributed by atoms with E-state index in [4.69, 9.17) is 4.99 Å². The summed E-state index contributed by atoms with van der Waals surface area (Å²) in [6, 6.07) is 2.07. The van der Waals surface area contributed by atoms with Crippen molar-refractivity contribution in [2.45, 2.75) is 31.0 Å². The lowest BCUT2D eigenvalue weighted by atomic mass is 10.0. The normalized spacial score (nSPS) is 23.2. The molecule has 4 heterocycles. The van der Waals surface area contributed by atoms with Gasteiger partial charge in [0.05, 0.1) is 17.6 Å². The first-order chi connectivity index (χ1) is 14.3. The van der Waals surface area contributed by atoms with E-state index in [1.807, 2.05) is 51.3 Å². The predicted octanol–water partition coefficient (Wildman–Crippen LogP) is 2.01. The van der Waals surface area contributed by atoms with E-state index >= 15 is 0 Å². The standard InChI is InChI=1S/C19H27N7O2S2/c1-5-25(6-2)30(27,28)19-13(3)9-16(29-19)23-17-18-21-11-15(26(18)8-7-20-17)14-10-22-24(4)12-14/h7-10,14-15H,5-6,11-12H2,1-4H3,(H,20,23). The lowest BCUT2D eigenvalue weighted by Gasteiger charge is -2.29. The SMILES string of the molecule is CCN(CC)S(=O)(=O)c1sc(NC2=NC=CN3C2=NCC3C2C=NN(C)C2)cc1C. The number of sulfonamides is 1. The van der Waals surface area contributed by atoms with Crippen molar-refractivity contribution in [3.63, 3.8) is 0 Å². The number of hydrazone groups is 1. The van der Waals surface area contributed by atoms with Crippen molar-refractivity contribution in [2.24, 2.45) is 21.0 Å². The van der Waals surface area contributed by atoms with Gasteiger partial charge in [-0.3, -0.25) is 10.0 Å². The zero-order valence-electron chi connectivity index (χ0n) is 17.6. The van der Waals surface area contributed by atoms with Crippen molar-refractivity contribution in [2.75, 3.05) is 38.5 Å². The highest BCUT2D eigenvalue weighted by atomic mass is 32.2. The molecule has 2 atom stereocenters. The Morgan fingerprint density at radius 1 is 1.33 bits per heavy atom. The molecule has 0 bridgehead atoms. The number of nitrogens with zero attached hydrogens (tertiary/aromatic N) is 6. The topological polar surface area (TPSA) is 93.0 Å². The Bertz CT molecular complexity index is 1040. The van der Waals surface area contributed by atoms with Crippen LogP contribution in [-0.2, 0) is 10.0 Å². The Balaban J connectivity index is 1.53. The lowest BCUT2D eigenvalue weighted by Crippen LogP contribution is -2.44. The van der Waals surface area contributed by atoms with Crippen LogP contribution < -0.4 is 5.32 Å². The van der Waals surface area contributed by atoms with Crippen molar-refractivity contribution in [3.05, 3.63) is 24.0 Å². The fourth-order valence-electron chi connectivity index (χ4n) is 3.95. The molecular formula is C19H27N7O2S2.